The average Bonchev–Trinajstić information content (AvgIpc) is 3.43. The second kappa shape index (κ2) is 6.77. The van der Waals surface area contributed by atoms with Crippen LogP contribution in [0.1, 0.15) is 28.1 Å². The van der Waals surface area contributed by atoms with E-state index in [4.69, 9.17) is 13.6 Å². The van der Waals surface area contributed by atoms with E-state index < -0.39 is 23.5 Å². The molecule has 0 fully saturated rings. The molecule has 0 spiro atoms. The average molecular weight is 379 g/mol. The summed E-state index contributed by atoms with van der Waals surface area (Å²) in [4.78, 5) is 27.2. The molecule has 1 N–H and O–H groups in total. The van der Waals surface area contributed by atoms with Crippen LogP contribution in [0.3, 0.4) is 0 Å². The van der Waals surface area contributed by atoms with Gasteiger partial charge in [0.1, 0.15) is 23.3 Å². The van der Waals surface area contributed by atoms with Crippen LogP contribution < -0.4 is 9.64 Å². The lowest BCUT2D eigenvalue weighted by atomic mass is 9.99. The van der Waals surface area contributed by atoms with Crippen LogP contribution in [0.15, 0.2) is 75.0 Å². The SMILES string of the molecule is COc1ccc(N2C(=O)C(O)=C(C(=O)c3ccco3)C2c2ccc(C)o2)cc1. The van der Waals surface area contributed by atoms with Gasteiger partial charge in [-0.15, -0.1) is 0 Å². The van der Waals surface area contributed by atoms with E-state index in [-0.39, 0.29) is 11.3 Å². The van der Waals surface area contributed by atoms with E-state index in [1.807, 2.05) is 0 Å². The molecule has 0 aliphatic carbocycles. The number of ketones is 1. The number of methoxy groups -OCH3 is 1. The first-order valence-electron chi connectivity index (χ1n) is 8.56. The van der Waals surface area contributed by atoms with Gasteiger partial charge >= 0.3 is 0 Å². The third-order valence-electron chi connectivity index (χ3n) is 4.58. The summed E-state index contributed by atoms with van der Waals surface area (Å²) in [7, 11) is 1.54. The number of benzene rings is 1. The summed E-state index contributed by atoms with van der Waals surface area (Å²) in [5.74, 6) is -0.278. The van der Waals surface area contributed by atoms with Crippen LogP contribution in [0.5, 0.6) is 5.75 Å². The molecule has 1 atom stereocenters. The molecule has 7 nitrogen and oxygen atoms in total. The van der Waals surface area contributed by atoms with Gasteiger partial charge in [-0.05, 0) is 55.5 Å². The Morgan fingerprint density at radius 3 is 2.46 bits per heavy atom. The largest absolute Gasteiger partial charge is 0.503 e. The van der Waals surface area contributed by atoms with Gasteiger partial charge in [0, 0.05) is 5.69 Å². The molecule has 2 aromatic heterocycles. The molecule has 142 valence electrons. The van der Waals surface area contributed by atoms with E-state index in [0.29, 0.717) is 23.0 Å². The number of hydrogen-bond acceptors (Lipinski definition) is 6. The van der Waals surface area contributed by atoms with Crippen molar-refractivity contribution in [3.8, 4) is 5.75 Å². The number of aliphatic hydroxyl groups excluding tert-OH is 1. The Morgan fingerprint density at radius 1 is 1.14 bits per heavy atom. The fourth-order valence-electron chi connectivity index (χ4n) is 3.26. The van der Waals surface area contributed by atoms with Gasteiger partial charge in [0.2, 0.25) is 5.78 Å². The Kier molecular flexibility index (Phi) is 4.27. The number of aryl methyl sites for hydroxylation is 1. The Hall–Kier alpha value is -3.74. The predicted molar refractivity (Wildman–Crippen MR) is 99.4 cm³/mol. The third kappa shape index (κ3) is 2.77. The monoisotopic (exact) mass is 379 g/mol. The zero-order chi connectivity index (χ0) is 19.8. The second-order valence-electron chi connectivity index (χ2n) is 6.29. The normalized spacial score (nSPS) is 16.7. The number of carbonyl (C=O) groups is 2. The van der Waals surface area contributed by atoms with Gasteiger partial charge in [-0.1, -0.05) is 0 Å². The topological polar surface area (TPSA) is 93.1 Å². The number of rotatable bonds is 5. The molecule has 1 unspecified atom stereocenters. The van der Waals surface area contributed by atoms with Gasteiger partial charge in [-0.2, -0.15) is 0 Å². The zero-order valence-electron chi connectivity index (χ0n) is 15.2. The minimum Gasteiger partial charge on any atom is -0.503 e. The van der Waals surface area contributed by atoms with E-state index in [1.54, 1.807) is 49.4 Å². The van der Waals surface area contributed by atoms with Crippen molar-refractivity contribution in [1.82, 2.24) is 0 Å². The van der Waals surface area contributed by atoms with E-state index in [1.165, 1.54) is 24.3 Å². The summed E-state index contributed by atoms with van der Waals surface area (Å²) in [6, 6.07) is 12.3. The third-order valence-corrected chi connectivity index (χ3v) is 4.58. The molecule has 1 aliphatic rings. The molecule has 3 aromatic rings. The highest BCUT2D eigenvalue weighted by molar-refractivity contribution is 6.20. The number of amides is 1. The van der Waals surface area contributed by atoms with Crippen LogP contribution in [-0.2, 0) is 4.79 Å². The first kappa shape index (κ1) is 17.7. The molecule has 7 heteroatoms. The van der Waals surface area contributed by atoms with Crippen LogP contribution in [0.25, 0.3) is 0 Å². The van der Waals surface area contributed by atoms with Crippen molar-refractivity contribution in [3.05, 3.63) is 83.4 Å². The first-order valence-corrected chi connectivity index (χ1v) is 8.56. The van der Waals surface area contributed by atoms with E-state index in [9.17, 15) is 14.7 Å². The lowest BCUT2D eigenvalue weighted by Gasteiger charge is -2.25. The highest BCUT2D eigenvalue weighted by atomic mass is 16.5. The van der Waals surface area contributed by atoms with E-state index >= 15 is 0 Å². The molecule has 0 saturated carbocycles. The summed E-state index contributed by atoms with van der Waals surface area (Å²) < 4.78 is 16.0. The zero-order valence-corrected chi connectivity index (χ0v) is 15.2. The van der Waals surface area contributed by atoms with Crippen LogP contribution in [0, 0.1) is 6.92 Å². The Morgan fingerprint density at radius 2 is 1.89 bits per heavy atom. The summed E-state index contributed by atoms with van der Waals surface area (Å²) in [5.41, 5.74) is 0.392. The number of nitrogens with zero attached hydrogens (tertiary/aromatic N) is 1. The minimum absolute atomic E-state index is 0.0270. The lowest BCUT2D eigenvalue weighted by molar-refractivity contribution is -0.117. The van der Waals surface area contributed by atoms with Gasteiger partial charge in [0.15, 0.2) is 11.5 Å². The fraction of sp³-hybridized carbons (Fsp3) is 0.143. The van der Waals surface area contributed by atoms with Crippen molar-refractivity contribution in [3.63, 3.8) is 0 Å². The molecule has 3 heterocycles. The Labute approximate surface area is 160 Å². The molecular formula is C21H17NO6. The van der Waals surface area contributed by atoms with Crippen LogP contribution in [0.2, 0.25) is 0 Å². The van der Waals surface area contributed by atoms with Crippen LogP contribution >= 0.6 is 0 Å². The Balaban J connectivity index is 1.84. The molecule has 4 rings (SSSR count). The number of ether oxygens (including phenoxy) is 1. The fourth-order valence-corrected chi connectivity index (χ4v) is 3.26. The number of aliphatic hydroxyl groups is 1. The molecule has 0 radical (unpaired) electrons. The smallest absolute Gasteiger partial charge is 0.294 e. The summed E-state index contributed by atoms with van der Waals surface area (Å²) >= 11 is 0. The number of furan rings is 2. The van der Waals surface area contributed by atoms with Gasteiger partial charge in [0.25, 0.3) is 5.91 Å². The Bertz CT molecular complexity index is 1060. The molecule has 28 heavy (non-hydrogen) atoms. The number of hydrogen-bond donors (Lipinski definition) is 1. The van der Waals surface area contributed by atoms with Crippen molar-refractivity contribution in [1.29, 1.82) is 0 Å². The molecular weight excluding hydrogens is 362 g/mol. The number of Topliss-reactive ketones (excluding diaryl/α,β-unsaturated/α-hetero) is 1. The lowest BCUT2D eigenvalue weighted by Crippen LogP contribution is -2.30. The predicted octanol–water partition coefficient (Wildman–Crippen LogP) is 3.97. The maximum atomic E-state index is 13.0. The van der Waals surface area contributed by atoms with Gasteiger partial charge in [-0.3, -0.25) is 14.5 Å². The van der Waals surface area contributed by atoms with E-state index in [0.717, 1.165) is 0 Å². The first-order chi connectivity index (χ1) is 13.5. The van der Waals surface area contributed by atoms with Crippen molar-refractivity contribution < 1.29 is 28.3 Å². The van der Waals surface area contributed by atoms with Crippen LogP contribution in [-0.4, -0.2) is 23.9 Å². The van der Waals surface area contributed by atoms with Crippen molar-refractivity contribution >= 4 is 17.4 Å². The number of anilines is 1. The summed E-state index contributed by atoms with van der Waals surface area (Å²) in [6.45, 7) is 1.76. The highest BCUT2D eigenvalue weighted by Gasteiger charge is 2.46. The van der Waals surface area contributed by atoms with Gasteiger partial charge in [-0.25, -0.2) is 0 Å². The molecule has 1 aliphatic heterocycles. The minimum atomic E-state index is -0.924. The summed E-state index contributed by atoms with van der Waals surface area (Å²) in [5, 5.41) is 10.6. The maximum absolute atomic E-state index is 13.0. The molecule has 1 aromatic carbocycles. The van der Waals surface area contributed by atoms with Gasteiger partial charge in [0.05, 0.1) is 18.9 Å². The second-order valence-corrected chi connectivity index (χ2v) is 6.29. The van der Waals surface area contributed by atoms with Gasteiger partial charge < -0.3 is 18.7 Å². The molecule has 1 amide bonds. The molecule has 0 saturated heterocycles. The quantitative estimate of drug-likeness (QED) is 0.674. The summed E-state index contributed by atoms with van der Waals surface area (Å²) in [6.07, 6.45) is 1.36. The standard InChI is InChI=1S/C21H17NO6/c1-12-5-10-15(28-12)18-17(19(23)16-4-3-11-27-16)20(24)21(25)22(18)13-6-8-14(26-2)9-7-13/h3-11,18,24H,1-2H3. The van der Waals surface area contributed by atoms with Crippen molar-refractivity contribution in [2.45, 2.75) is 13.0 Å². The van der Waals surface area contributed by atoms with Crippen LogP contribution in [0.4, 0.5) is 5.69 Å². The van der Waals surface area contributed by atoms with Crippen molar-refractivity contribution in [2.75, 3.05) is 12.0 Å². The highest BCUT2D eigenvalue weighted by Crippen LogP contribution is 2.42. The maximum Gasteiger partial charge on any atom is 0.294 e. The van der Waals surface area contributed by atoms with Crippen molar-refractivity contribution in [2.24, 2.45) is 0 Å². The van der Waals surface area contributed by atoms with E-state index in [2.05, 4.69) is 0 Å². The number of carbonyl (C=O) groups excluding carboxylic acids is 2. The molecule has 0 bridgehead atoms.